The minimum atomic E-state index is -2.20. The molecule has 0 unspecified atom stereocenters. The van der Waals surface area contributed by atoms with Crippen molar-refractivity contribution in [1.82, 2.24) is 0 Å². The first kappa shape index (κ1) is 62.5. The first-order chi connectivity index (χ1) is 45.8. The second-order valence-electron chi connectivity index (χ2n) is 27.8. The van der Waals surface area contributed by atoms with Crippen LogP contribution in [0, 0.1) is 0 Å². The van der Waals surface area contributed by atoms with Crippen molar-refractivity contribution in [3.05, 3.63) is 243 Å². The molecule has 0 saturated carbocycles. The lowest BCUT2D eigenvalue weighted by Crippen LogP contribution is -2.55. The van der Waals surface area contributed by atoms with Crippen molar-refractivity contribution in [3.63, 3.8) is 0 Å². The molecule has 0 spiro atoms. The highest BCUT2D eigenvalue weighted by Gasteiger charge is 2.48. The summed E-state index contributed by atoms with van der Waals surface area (Å²) >= 11 is 0. The van der Waals surface area contributed by atoms with Gasteiger partial charge in [0.15, 0.2) is 0 Å². The summed E-state index contributed by atoms with van der Waals surface area (Å²) in [4.78, 5) is 0. The minimum absolute atomic E-state index is 1.21. The molecule has 3 aliphatic rings. The summed E-state index contributed by atoms with van der Waals surface area (Å²) in [6.07, 6.45) is 15.0. The maximum Gasteiger partial charge on any atom is 0.120 e. The Morgan fingerprint density at radius 1 is 0.183 bits per heavy atom. The molecule has 11 aromatic carbocycles. The molecule has 0 fully saturated rings. The third-order valence-electron chi connectivity index (χ3n) is 22.2. The van der Waals surface area contributed by atoms with Crippen molar-refractivity contribution < 1.29 is 0 Å². The van der Waals surface area contributed by atoms with Gasteiger partial charge in [-0.15, -0.1) is 0 Å². The first-order valence-corrected chi connectivity index (χ1v) is 43.3. The lowest BCUT2D eigenvalue weighted by atomic mass is 9.90. The summed E-state index contributed by atoms with van der Waals surface area (Å²) in [5.41, 5.74) is 27.3. The van der Waals surface area contributed by atoms with Gasteiger partial charge in [-0.2, -0.15) is 0 Å². The van der Waals surface area contributed by atoms with Gasteiger partial charge in [-0.05, 0) is 221 Å². The van der Waals surface area contributed by atoms with Gasteiger partial charge in [-0.3, -0.25) is 0 Å². The third kappa shape index (κ3) is 11.2. The Hall–Kier alpha value is -7.93. The zero-order valence-corrected chi connectivity index (χ0v) is 59.3. The molecular formula is C90H94Si3. The average Bonchev–Trinajstić information content (AvgIpc) is 1.58. The normalized spacial score (nSPS) is 14.1. The molecule has 14 rings (SSSR count). The summed E-state index contributed by atoms with van der Waals surface area (Å²) in [6, 6.07) is 104. The molecule has 466 valence electrons. The van der Waals surface area contributed by atoms with Crippen LogP contribution in [0.25, 0.3) is 111 Å². The summed E-state index contributed by atoms with van der Waals surface area (Å²) < 4.78 is 0. The number of fused-ring (bicyclic) bond motifs is 9. The molecular weight excluding hydrogens is 1170 g/mol. The maximum atomic E-state index is 2.56. The van der Waals surface area contributed by atoms with Crippen molar-refractivity contribution >= 4 is 55.3 Å². The summed E-state index contributed by atoms with van der Waals surface area (Å²) in [6.45, 7) is 14.3. The van der Waals surface area contributed by atoms with Gasteiger partial charge in [0.25, 0.3) is 0 Å². The van der Waals surface area contributed by atoms with Gasteiger partial charge in [0.2, 0.25) is 0 Å². The predicted octanol–water partition coefficient (Wildman–Crippen LogP) is 22.8. The van der Waals surface area contributed by atoms with E-state index in [1.54, 1.807) is 31.1 Å². The van der Waals surface area contributed by atoms with E-state index in [4.69, 9.17) is 0 Å². The van der Waals surface area contributed by atoms with Gasteiger partial charge >= 0.3 is 0 Å². The van der Waals surface area contributed by atoms with Gasteiger partial charge in [0.1, 0.15) is 24.2 Å². The summed E-state index contributed by atoms with van der Waals surface area (Å²) in [7, 11) is -6.34. The molecule has 0 saturated heterocycles. The third-order valence-corrected chi connectivity index (χ3v) is 38.4. The van der Waals surface area contributed by atoms with E-state index in [1.165, 1.54) is 225 Å². The number of hydrogen-bond acceptors (Lipinski definition) is 0. The maximum absolute atomic E-state index is 2.56. The highest BCUT2D eigenvalue weighted by atomic mass is 28.3. The number of unbranched alkanes of at least 4 members (excludes halogenated alkanes) is 6. The Balaban J connectivity index is 0.903. The smallest absolute Gasteiger partial charge is 0.0654 e. The molecule has 0 aromatic heterocycles. The zero-order chi connectivity index (χ0) is 63.5. The SMILES string of the molecule is CCCC[Si]1(CCCC)c2ccccc2-c2cccc(-c3cccc(-c4cccc(-c5cc(-c6cccc(-c7cccc(-c8cccc9c8[Si](CCCC)(CCCC)c8ccccc8-9)c7)c6)cc(-c6cccc7c6[Si](CCCC)(CCCC)c6ccccc6-7)c5)c4)c3)c21. The van der Waals surface area contributed by atoms with Crippen molar-refractivity contribution in [2.24, 2.45) is 0 Å². The molecule has 0 amide bonds. The number of hydrogen-bond donors (Lipinski definition) is 0. The van der Waals surface area contributed by atoms with Gasteiger partial charge < -0.3 is 0 Å². The van der Waals surface area contributed by atoms with Crippen LogP contribution < -0.4 is 31.1 Å². The van der Waals surface area contributed by atoms with Crippen LogP contribution in [-0.2, 0) is 0 Å². The molecule has 0 aliphatic carbocycles. The number of benzene rings is 11. The fourth-order valence-electron chi connectivity index (χ4n) is 17.8. The molecule has 11 aromatic rings. The van der Waals surface area contributed by atoms with Crippen LogP contribution in [-0.4, -0.2) is 24.2 Å². The average molecular weight is 1260 g/mol. The second kappa shape index (κ2) is 27.2. The molecule has 0 atom stereocenters. The van der Waals surface area contributed by atoms with E-state index in [0.717, 1.165) is 0 Å². The van der Waals surface area contributed by atoms with Crippen LogP contribution in [0.15, 0.2) is 243 Å². The van der Waals surface area contributed by atoms with E-state index >= 15 is 0 Å². The summed E-state index contributed by atoms with van der Waals surface area (Å²) in [5, 5.41) is 10.1. The van der Waals surface area contributed by atoms with E-state index in [1.807, 2.05) is 0 Å². The fourth-order valence-corrected chi connectivity index (χ4v) is 36.1. The Morgan fingerprint density at radius 2 is 0.387 bits per heavy atom. The number of rotatable bonds is 25. The van der Waals surface area contributed by atoms with E-state index in [-0.39, 0.29) is 0 Å². The first-order valence-electron chi connectivity index (χ1n) is 36.1. The summed E-state index contributed by atoms with van der Waals surface area (Å²) in [5.74, 6) is 0. The van der Waals surface area contributed by atoms with E-state index in [9.17, 15) is 0 Å². The van der Waals surface area contributed by atoms with Crippen LogP contribution in [0.3, 0.4) is 0 Å². The van der Waals surface area contributed by atoms with Crippen molar-refractivity contribution in [1.29, 1.82) is 0 Å². The highest BCUT2D eigenvalue weighted by Crippen LogP contribution is 2.45. The van der Waals surface area contributed by atoms with Crippen molar-refractivity contribution in [3.8, 4) is 111 Å². The molecule has 0 bridgehead atoms. The molecule has 3 heteroatoms. The van der Waals surface area contributed by atoms with Gasteiger partial charge in [0.05, 0.1) is 0 Å². The molecule has 3 heterocycles. The Bertz CT molecular complexity index is 4270. The standard InChI is InChI=1S/C90H94Si3/c1-7-13-52-91(53-14-8-2)85-49-22-19-40-79(85)82-46-29-43-76(88(82)91)71-38-27-34-67(60-71)65-32-25-36-69(58-65)73-62-74(64-75(63-73)78-45-31-48-84-81-42-21-24-51-87(81)93(90(78)84,56-17-11-5)57-18-12-6)70-37-26-33-66(59-70)68-35-28-39-72(61-68)77-44-30-47-83-80-41-20-23-50-86(80)92(89(77)83,54-15-9-3)55-16-10-4/h19-51,58-64H,7-18,52-57H2,1-6H3. The zero-order valence-electron chi connectivity index (χ0n) is 56.3. The second-order valence-corrected chi connectivity index (χ2v) is 40.4. The monoisotopic (exact) mass is 1260 g/mol. The van der Waals surface area contributed by atoms with Crippen LogP contribution in [0.5, 0.6) is 0 Å². The Morgan fingerprint density at radius 3 is 0.688 bits per heavy atom. The van der Waals surface area contributed by atoms with Crippen LogP contribution in [0.1, 0.15) is 119 Å². The van der Waals surface area contributed by atoms with Gasteiger partial charge in [0, 0.05) is 0 Å². The molecule has 0 nitrogen and oxygen atoms in total. The largest absolute Gasteiger partial charge is 0.120 e. The van der Waals surface area contributed by atoms with Crippen molar-refractivity contribution in [2.75, 3.05) is 0 Å². The molecule has 0 radical (unpaired) electrons. The molecule has 3 aliphatic heterocycles. The quantitative estimate of drug-likeness (QED) is 0.0500. The Kier molecular flexibility index (Phi) is 18.3. The van der Waals surface area contributed by atoms with E-state index in [0.29, 0.717) is 0 Å². The minimum Gasteiger partial charge on any atom is -0.0654 e. The van der Waals surface area contributed by atoms with E-state index < -0.39 is 24.2 Å². The van der Waals surface area contributed by atoms with Gasteiger partial charge in [-0.25, -0.2) is 0 Å². The topological polar surface area (TPSA) is 0 Å². The van der Waals surface area contributed by atoms with Gasteiger partial charge in [-0.1, -0.05) is 319 Å². The lowest BCUT2D eigenvalue weighted by molar-refractivity contribution is 0.839. The molecule has 0 N–H and O–H groups in total. The fraction of sp³-hybridized carbons (Fsp3) is 0.267. The van der Waals surface area contributed by atoms with Crippen LogP contribution in [0.2, 0.25) is 36.3 Å². The highest BCUT2D eigenvalue weighted by molar-refractivity contribution is 7.07. The van der Waals surface area contributed by atoms with Crippen LogP contribution in [0.4, 0.5) is 0 Å². The Labute approximate surface area is 560 Å². The molecule has 93 heavy (non-hydrogen) atoms. The van der Waals surface area contributed by atoms with E-state index in [2.05, 4.69) is 284 Å². The van der Waals surface area contributed by atoms with Crippen LogP contribution >= 0.6 is 0 Å². The lowest BCUT2D eigenvalue weighted by Gasteiger charge is -2.32. The van der Waals surface area contributed by atoms with Crippen molar-refractivity contribution in [2.45, 2.75) is 155 Å². The predicted molar refractivity (Wildman–Crippen MR) is 414 cm³/mol.